The van der Waals surface area contributed by atoms with E-state index in [1.165, 1.54) is 17.6 Å². The standard InChI is InChI=1S/C7H10ClN3O/c1-3-12-11(2)7-6(8)4-9-5-10-7/h4-5H,3H2,1-2H3. The SMILES string of the molecule is CCON(C)c1ncncc1Cl. The Hall–Kier alpha value is -0.870. The zero-order valence-electron chi connectivity index (χ0n) is 6.99. The van der Waals surface area contributed by atoms with Crippen molar-refractivity contribution in [3.63, 3.8) is 0 Å². The van der Waals surface area contributed by atoms with Crippen molar-refractivity contribution in [3.8, 4) is 0 Å². The molecule has 0 fully saturated rings. The minimum atomic E-state index is 0.480. The molecule has 0 amide bonds. The van der Waals surface area contributed by atoms with Crippen LogP contribution in [-0.2, 0) is 4.84 Å². The summed E-state index contributed by atoms with van der Waals surface area (Å²) in [4.78, 5) is 12.9. The number of halogens is 1. The molecule has 0 saturated carbocycles. The average molecular weight is 188 g/mol. The lowest BCUT2D eigenvalue weighted by atomic mass is 10.6. The minimum absolute atomic E-state index is 0.480. The molecule has 66 valence electrons. The lowest BCUT2D eigenvalue weighted by Crippen LogP contribution is -2.19. The van der Waals surface area contributed by atoms with Crippen molar-refractivity contribution in [2.24, 2.45) is 0 Å². The van der Waals surface area contributed by atoms with E-state index in [9.17, 15) is 0 Å². The Bertz CT molecular complexity index is 256. The first-order valence-corrected chi connectivity index (χ1v) is 3.95. The van der Waals surface area contributed by atoms with Gasteiger partial charge in [0.2, 0.25) is 0 Å². The van der Waals surface area contributed by atoms with Crippen molar-refractivity contribution < 1.29 is 4.84 Å². The fourth-order valence-corrected chi connectivity index (χ4v) is 1.02. The van der Waals surface area contributed by atoms with Gasteiger partial charge in [0.05, 0.1) is 12.8 Å². The second-order valence-electron chi connectivity index (χ2n) is 2.11. The summed E-state index contributed by atoms with van der Waals surface area (Å²) in [6.07, 6.45) is 2.95. The number of hydrogen-bond donors (Lipinski definition) is 0. The molecule has 0 bridgehead atoms. The number of hydroxylamine groups is 1. The van der Waals surface area contributed by atoms with Gasteiger partial charge in [-0.2, -0.15) is 0 Å². The zero-order valence-corrected chi connectivity index (χ0v) is 7.75. The average Bonchev–Trinajstić information content (AvgIpc) is 2.05. The lowest BCUT2D eigenvalue weighted by Gasteiger charge is -2.16. The summed E-state index contributed by atoms with van der Waals surface area (Å²) >= 11 is 5.81. The van der Waals surface area contributed by atoms with Crippen molar-refractivity contribution >= 4 is 17.4 Å². The van der Waals surface area contributed by atoms with Crippen LogP contribution < -0.4 is 5.06 Å². The number of rotatable bonds is 3. The largest absolute Gasteiger partial charge is 0.273 e. The molecule has 0 unspecified atom stereocenters. The minimum Gasteiger partial charge on any atom is -0.273 e. The van der Waals surface area contributed by atoms with Gasteiger partial charge in [-0.1, -0.05) is 11.6 Å². The predicted molar refractivity (Wildman–Crippen MR) is 47.1 cm³/mol. The van der Waals surface area contributed by atoms with Crippen molar-refractivity contribution in [1.82, 2.24) is 9.97 Å². The van der Waals surface area contributed by atoms with Crippen LogP contribution >= 0.6 is 11.6 Å². The molecule has 0 aliphatic rings. The first-order valence-electron chi connectivity index (χ1n) is 3.58. The van der Waals surface area contributed by atoms with Crippen LogP contribution in [0, 0.1) is 0 Å². The van der Waals surface area contributed by atoms with Crippen molar-refractivity contribution in [3.05, 3.63) is 17.5 Å². The highest BCUT2D eigenvalue weighted by Gasteiger charge is 2.06. The highest BCUT2D eigenvalue weighted by Crippen LogP contribution is 2.19. The molecule has 0 saturated heterocycles. The summed E-state index contributed by atoms with van der Waals surface area (Å²) < 4.78 is 0. The van der Waals surface area contributed by atoms with Crippen LogP contribution in [0.4, 0.5) is 5.82 Å². The van der Waals surface area contributed by atoms with Gasteiger partial charge in [-0.05, 0) is 6.92 Å². The van der Waals surface area contributed by atoms with Gasteiger partial charge in [0.25, 0.3) is 0 Å². The van der Waals surface area contributed by atoms with Crippen LogP contribution in [0.25, 0.3) is 0 Å². The molecule has 1 aromatic heterocycles. The second kappa shape index (κ2) is 4.23. The summed E-state index contributed by atoms with van der Waals surface area (Å²) in [5, 5.41) is 2.00. The molecule has 5 heteroatoms. The van der Waals surface area contributed by atoms with Gasteiger partial charge in [0.1, 0.15) is 11.3 Å². The van der Waals surface area contributed by atoms with Crippen molar-refractivity contribution in [2.75, 3.05) is 18.7 Å². The number of aromatic nitrogens is 2. The number of hydrogen-bond acceptors (Lipinski definition) is 4. The van der Waals surface area contributed by atoms with E-state index in [4.69, 9.17) is 16.4 Å². The van der Waals surface area contributed by atoms with E-state index < -0.39 is 0 Å². The van der Waals surface area contributed by atoms with Crippen LogP contribution in [0.5, 0.6) is 0 Å². The van der Waals surface area contributed by atoms with E-state index >= 15 is 0 Å². The van der Waals surface area contributed by atoms with Crippen LogP contribution in [0.3, 0.4) is 0 Å². The summed E-state index contributed by atoms with van der Waals surface area (Å²) in [7, 11) is 1.75. The third-order valence-electron chi connectivity index (χ3n) is 1.27. The lowest BCUT2D eigenvalue weighted by molar-refractivity contribution is 0.133. The van der Waals surface area contributed by atoms with Gasteiger partial charge < -0.3 is 0 Å². The van der Waals surface area contributed by atoms with Crippen LogP contribution in [0.2, 0.25) is 5.02 Å². The molecular weight excluding hydrogens is 178 g/mol. The molecule has 0 radical (unpaired) electrons. The maximum atomic E-state index is 5.81. The Morgan fingerprint density at radius 1 is 1.67 bits per heavy atom. The normalized spacial score (nSPS) is 9.92. The topological polar surface area (TPSA) is 38.2 Å². The molecule has 0 atom stereocenters. The Balaban J connectivity index is 2.79. The summed E-state index contributed by atoms with van der Waals surface area (Å²) in [5.41, 5.74) is 0. The van der Waals surface area contributed by atoms with Gasteiger partial charge in [-0.15, -0.1) is 0 Å². The summed E-state index contributed by atoms with van der Waals surface area (Å²) in [6.45, 7) is 2.47. The van der Waals surface area contributed by atoms with Gasteiger partial charge in [-0.3, -0.25) is 4.84 Å². The number of anilines is 1. The van der Waals surface area contributed by atoms with Crippen molar-refractivity contribution in [2.45, 2.75) is 6.92 Å². The summed E-state index contributed by atoms with van der Waals surface area (Å²) in [6, 6.07) is 0. The van der Waals surface area contributed by atoms with Gasteiger partial charge in [0, 0.05) is 7.05 Å². The molecule has 1 heterocycles. The zero-order chi connectivity index (χ0) is 8.97. The fraction of sp³-hybridized carbons (Fsp3) is 0.429. The van der Waals surface area contributed by atoms with E-state index in [0.29, 0.717) is 17.4 Å². The summed E-state index contributed by atoms with van der Waals surface area (Å²) in [5.74, 6) is 0.577. The molecule has 1 aromatic rings. The smallest absolute Gasteiger partial charge is 0.174 e. The monoisotopic (exact) mass is 187 g/mol. The van der Waals surface area contributed by atoms with E-state index in [0.717, 1.165) is 0 Å². The van der Waals surface area contributed by atoms with E-state index in [2.05, 4.69) is 9.97 Å². The number of nitrogens with zero attached hydrogens (tertiary/aromatic N) is 3. The molecule has 4 nitrogen and oxygen atoms in total. The Morgan fingerprint density at radius 2 is 2.42 bits per heavy atom. The second-order valence-corrected chi connectivity index (χ2v) is 2.52. The maximum absolute atomic E-state index is 5.81. The molecule has 0 aliphatic heterocycles. The van der Waals surface area contributed by atoms with Crippen LogP contribution in [0.15, 0.2) is 12.5 Å². The molecule has 1 rings (SSSR count). The molecular formula is C7H10ClN3O. The third kappa shape index (κ3) is 2.06. The quantitative estimate of drug-likeness (QED) is 0.673. The van der Waals surface area contributed by atoms with E-state index in [1.54, 1.807) is 7.05 Å². The van der Waals surface area contributed by atoms with Crippen LogP contribution in [0.1, 0.15) is 6.92 Å². The molecule has 0 aromatic carbocycles. The van der Waals surface area contributed by atoms with Gasteiger partial charge in [0.15, 0.2) is 5.82 Å². The first-order chi connectivity index (χ1) is 5.75. The predicted octanol–water partition coefficient (Wildman–Crippen LogP) is 1.52. The Labute approximate surface area is 76.1 Å². The maximum Gasteiger partial charge on any atom is 0.174 e. The van der Waals surface area contributed by atoms with E-state index in [-0.39, 0.29) is 0 Å². The molecule has 0 spiro atoms. The Kier molecular flexibility index (Phi) is 3.25. The third-order valence-corrected chi connectivity index (χ3v) is 1.54. The van der Waals surface area contributed by atoms with E-state index in [1.807, 2.05) is 6.92 Å². The van der Waals surface area contributed by atoms with Crippen LogP contribution in [-0.4, -0.2) is 23.6 Å². The van der Waals surface area contributed by atoms with Gasteiger partial charge >= 0.3 is 0 Å². The highest BCUT2D eigenvalue weighted by molar-refractivity contribution is 6.32. The molecule has 0 aliphatic carbocycles. The fourth-order valence-electron chi connectivity index (χ4n) is 0.793. The highest BCUT2D eigenvalue weighted by atomic mass is 35.5. The molecule has 0 N–H and O–H groups in total. The van der Waals surface area contributed by atoms with Crippen molar-refractivity contribution in [1.29, 1.82) is 0 Å². The first kappa shape index (κ1) is 9.22. The Morgan fingerprint density at radius 3 is 3.00 bits per heavy atom. The van der Waals surface area contributed by atoms with Gasteiger partial charge in [-0.25, -0.2) is 15.0 Å². The molecule has 12 heavy (non-hydrogen) atoms.